The quantitative estimate of drug-likeness (QED) is 0.453. The van der Waals surface area contributed by atoms with Crippen molar-refractivity contribution in [3.8, 4) is 0 Å². The van der Waals surface area contributed by atoms with E-state index in [0.29, 0.717) is 50.8 Å². The molecule has 0 aliphatic carbocycles. The zero-order valence-corrected chi connectivity index (χ0v) is 19.8. The molecule has 3 saturated heterocycles. The van der Waals surface area contributed by atoms with Crippen molar-refractivity contribution in [2.45, 2.75) is 41.7 Å². The Morgan fingerprint density at radius 2 is 1.81 bits per heavy atom. The SMILES string of the molecule is O=C(c1ccc(S(F)(F)(F)(F)F)cc1)N1CCC(c2ccnc3[nH]c([C@@]45CN[C@@H](CO4)C5)nc23)CC1. The molecule has 194 valence electrons. The van der Waals surface area contributed by atoms with Crippen LogP contribution in [0.2, 0.25) is 0 Å². The standard InChI is InChI=1S/C23H24F5N5O2S/c24-36(25,26,27,28)17-3-1-15(2-4-17)21(34)33-9-6-14(7-10-33)18-5-8-29-20-19(18)31-22(32-20)23-11-16(12-35-23)30-13-23/h1-5,8,14,16,30H,6-7,9-13H2,(H,29,31,32)/t16-,23-/m1/s1. The second-order valence-corrected chi connectivity index (χ2v) is 12.2. The first-order valence-corrected chi connectivity index (χ1v) is 13.6. The van der Waals surface area contributed by atoms with Crippen LogP contribution >= 0.6 is 10.2 Å². The van der Waals surface area contributed by atoms with Crippen LogP contribution in [-0.4, -0.2) is 58.0 Å². The third kappa shape index (κ3) is 4.02. The first-order valence-electron chi connectivity index (χ1n) is 11.7. The van der Waals surface area contributed by atoms with Crippen LogP contribution in [0.25, 0.3) is 11.2 Å². The number of piperidine rings is 1. The van der Waals surface area contributed by atoms with E-state index >= 15 is 0 Å². The molecule has 1 aromatic carbocycles. The predicted molar refractivity (Wildman–Crippen MR) is 124 cm³/mol. The van der Waals surface area contributed by atoms with Crippen LogP contribution in [0.1, 0.15) is 46.9 Å². The minimum atomic E-state index is -9.77. The lowest BCUT2D eigenvalue weighted by Gasteiger charge is -2.40. The molecule has 3 aromatic rings. The Labute approximate surface area is 203 Å². The summed E-state index contributed by atoms with van der Waals surface area (Å²) >= 11 is 0. The number of morpholine rings is 1. The Hall–Kier alpha value is -2.77. The molecule has 2 bridgehead atoms. The number of pyridine rings is 1. The lowest BCUT2D eigenvalue weighted by Crippen LogP contribution is -2.38. The maximum Gasteiger partial charge on any atom is 0.310 e. The van der Waals surface area contributed by atoms with Gasteiger partial charge in [0, 0.05) is 43.9 Å². The van der Waals surface area contributed by atoms with E-state index in [9.17, 15) is 24.2 Å². The number of nitrogens with zero attached hydrogens (tertiary/aromatic N) is 3. The normalized spacial score (nSPS) is 26.8. The van der Waals surface area contributed by atoms with Gasteiger partial charge in [0.05, 0.1) is 6.61 Å². The number of hydrogen-bond donors (Lipinski definition) is 2. The number of nitrogens with one attached hydrogen (secondary N) is 2. The van der Waals surface area contributed by atoms with E-state index in [1.54, 1.807) is 6.20 Å². The average Bonchev–Trinajstić information content (AvgIpc) is 3.57. The Kier molecular flexibility index (Phi) is 4.70. The summed E-state index contributed by atoms with van der Waals surface area (Å²) in [5.41, 5.74) is 1.95. The summed E-state index contributed by atoms with van der Waals surface area (Å²) in [6.45, 7) is 2.10. The molecule has 7 nitrogen and oxygen atoms in total. The van der Waals surface area contributed by atoms with Crippen molar-refractivity contribution < 1.29 is 29.0 Å². The van der Waals surface area contributed by atoms with Crippen molar-refractivity contribution in [1.82, 2.24) is 25.2 Å². The topological polar surface area (TPSA) is 83.1 Å². The van der Waals surface area contributed by atoms with Crippen LogP contribution < -0.4 is 5.32 Å². The summed E-state index contributed by atoms with van der Waals surface area (Å²) < 4.78 is 70.9. The minimum absolute atomic E-state index is 0.0541. The number of halogens is 5. The van der Waals surface area contributed by atoms with Gasteiger partial charge in [0.2, 0.25) is 0 Å². The summed E-state index contributed by atoms with van der Waals surface area (Å²) in [6, 6.07) is 4.44. The molecule has 2 atom stereocenters. The number of H-pyrrole nitrogens is 1. The van der Waals surface area contributed by atoms with Gasteiger partial charge in [0.15, 0.2) is 5.65 Å². The number of rotatable bonds is 4. The molecule has 3 aliphatic rings. The predicted octanol–water partition coefficient (Wildman–Crippen LogP) is 5.22. The van der Waals surface area contributed by atoms with E-state index in [2.05, 4.69) is 15.3 Å². The lowest BCUT2D eigenvalue weighted by molar-refractivity contribution is -0.0154. The van der Waals surface area contributed by atoms with Gasteiger partial charge in [0.25, 0.3) is 5.91 Å². The maximum absolute atomic E-state index is 13.0. The molecular formula is C23H24F5N5O2S. The molecule has 13 heteroatoms. The minimum Gasteiger partial charge on any atom is -0.364 e. The number of ether oxygens (including phenoxy) is 1. The van der Waals surface area contributed by atoms with Crippen molar-refractivity contribution in [1.29, 1.82) is 0 Å². The van der Waals surface area contributed by atoms with Crippen molar-refractivity contribution in [2.24, 2.45) is 0 Å². The lowest BCUT2D eigenvalue weighted by atomic mass is 9.89. The monoisotopic (exact) mass is 529 g/mol. The first kappa shape index (κ1) is 23.6. The van der Waals surface area contributed by atoms with Crippen molar-refractivity contribution >= 4 is 27.3 Å². The van der Waals surface area contributed by atoms with E-state index in [0.717, 1.165) is 35.5 Å². The van der Waals surface area contributed by atoms with Gasteiger partial charge in [-0.15, -0.1) is 0 Å². The molecule has 36 heavy (non-hydrogen) atoms. The van der Waals surface area contributed by atoms with E-state index in [4.69, 9.17) is 9.72 Å². The molecule has 0 spiro atoms. The summed E-state index contributed by atoms with van der Waals surface area (Å²) in [7, 11) is -9.77. The first-order chi connectivity index (χ1) is 16.8. The number of carbonyl (C=O) groups is 1. The largest absolute Gasteiger partial charge is 0.364 e. The van der Waals surface area contributed by atoms with Crippen molar-refractivity contribution in [3.63, 3.8) is 0 Å². The van der Waals surface area contributed by atoms with Gasteiger partial charge in [0.1, 0.15) is 21.8 Å². The van der Waals surface area contributed by atoms with Gasteiger partial charge in [-0.2, -0.15) is 0 Å². The van der Waals surface area contributed by atoms with Crippen molar-refractivity contribution in [2.75, 3.05) is 26.2 Å². The molecule has 0 radical (unpaired) electrons. The average molecular weight is 530 g/mol. The third-order valence-electron chi connectivity index (χ3n) is 7.43. The molecule has 5 heterocycles. The van der Waals surface area contributed by atoms with Gasteiger partial charge in [-0.1, -0.05) is 19.4 Å². The highest BCUT2D eigenvalue weighted by molar-refractivity contribution is 8.45. The highest BCUT2D eigenvalue weighted by atomic mass is 32.5. The number of imidazole rings is 1. The van der Waals surface area contributed by atoms with Gasteiger partial charge < -0.3 is 19.9 Å². The van der Waals surface area contributed by atoms with Crippen LogP contribution in [0.3, 0.4) is 0 Å². The fourth-order valence-electron chi connectivity index (χ4n) is 5.49. The van der Waals surface area contributed by atoms with Gasteiger partial charge >= 0.3 is 10.2 Å². The van der Waals surface area contributed by atoms with Gasteiger partial charge in [-0.3, -0.25) is 4.79 Å². The molecule has 0 unspecified atom stereocenters. The Bertz CT molecular complexity index is 1350. The highest BCUT2D eigenvalue weighted by Gasteiger charge is 2.65. The number of amides is 1. The smallest absolute Gasteiger partial charge is 0.310 e. The fourth-order valence-corrected chi connectivity index (χ4v) is 6.14. The third-order valence-corrected chi connectivity index (χ3v) is 8.59. The van der Waals surface area contributed by atoms with E-state index in [1.807, 2.05) is 6.07 Å². The number of carbonyl (C=O) groups excluding carboxylic acids is 1. The summed E-state index contributed by atoms with van der Waals surface area (Å²) in [5.74, 6) is 0.389. The maximum atomic E-state index is 13.0. The second-order valence-electron chi connectivity index (χ2n) is 9.83. The van der Waals surface area contributed by atoms with Crippen LogP contribution in [0.4, 0.5) is 19.4 Å². The number of hydrogen-bond acceptors (Lipinski definition) is 5. The fraction of sp³-hybridized carbons (Fsp3) is 0.435. The number of aromatic nitrogens is 3. The molecule has 1 amide bonds. The summed E-state index contributed by atoms with van der Waals surface area (Å²) in [6.07, 6.45) is 3.83. The number of aromatic amines is 1. The van der Waals surface area contributed by atoms with Gasteiger partial charge in [-0.05, 0) is 54.7 Å². The van der Waals surface area contributed by atoms with Crippen molar-refractivity contribution in [3.05, 3.63) is 53.5 Å². The molecular weight excluding hydrogens is 505 g/mol. The highest BCUT2D eigenvalue weighted by Crippen LogP contribution is 3.02. The summed E-state index contributed by atoms with van der Waals surface area (Å²) in [5, 5.41) is 3.43. The van der Waals surface area contributed by atoms with Crippen LogP contribution in [0, 0.1) is 0 Å². The van der Waals surface area contributed by atoms with Crippen LogP contribution in [0.15, 0.2) is 41.4 Å². The number of fused-ring (bicyclic) bond motifs is 3. The van der Waals surface area contributed by atoms with E-state index < -0.39 is 26.6 Å². The Morgan fingerprint density at radius 1 is 1.08 bits per heavy atom. The molecule has 2 N–H and O–H groups in total. The second kappa shape index (κ2) is 7.17. The Balaban J connectivity index is 1.17. The summed E-state index contributed by atoms with van der Waals surface area (Å²) in [4.78, 5) is 25.0. The molecule has 3 aliphatic heterocycles. The van der Waals surface area contributed by atoms with Gasteiger partial charge in [-0.25, -0.2) is 9.97 Å². The molecule has 3 fully saturated rings. The Morgan fingerprint density at radius 3 is 2.39 bits per heavy atom. The van der Waals surface area contributed by atoms with Crippen LogP contribution in [0.5, 0.6) is 0 Å². The van der Waals surface area contributed by atoms with E-state index in [-0.39, 0.29) is 23.6 Å². The number of likely N-dealkylation sites (tertiary alicyclic amines) is 1. The zero-order valence-electron chi connectivity index (χ0n) is 19.0. The van der Waals surface area contributed by atoms with E-state index in [1.165, 1.54) is 4.90 Å². The molecule has 2 aromatic heterocycles. The molecule has 6 rings (SSSR count). The number of benzene rings is 1. The zero-order chi connectivity index (χ0) is 25.4. The van der Waals surface area contributed by atoms with Crippen LogP contribution in [-0.2, 0) is 10.3 Å². The molecule has 0 saturated carbocycles.